The molecule has 1 aliphatic carbocycles. The van der Waals surface area contributed by atoms with Crippen molar-refractivity contribution in [1.82, 2.24) is 50.1 Å². The van der Waals surface area contributed by atoms with Gasteiger partial charge < -0.3 is 40.5 Å². The number of hydrogen-bond acceptors (Lipinski definition) is 14. The molecule has 7 aliphatic rings. The van der Waals surface area contributed by atoms with E-state index >= 15 is 9.18 Å². The number of halogens is 1. The van der Waals surface area contributed by atoms with E-state index in [0.717, 1.165) is 79.1 Å². The van der Waals surface area contributed by atoms with Gasteiger partial charge in [0.1, 0.15) is 17.4 Å². The number of carbonyl (C=O) groups excluding carboxylic acids is 8. The number of benzene rings is 4. The summed E-state index contributed by atoms with van der Waals surface area (Å²) in [5.74, 6) is -2.59. The summed E-state index contributed by atoms with van der Waals surface area (Å²) in [4.78, 5) is 127. The van der Waals surface area contributed by atoms with Crippen molar-refractivity contribution in [3.8, 4) is 11.3 Å². The van der Waals surface area contributed by atoms with E-state index in [1.165, 1.54) is 37.5 Å². The zero-order valence-electron chi connectivity index (χ0n) is 52.9. The molecule has 1 atom stereocenters. The van der Waals surface area contributed by atoms with Gasteiger partial charge in [-0.25, -0.2) is 14.4 Å². The van der Waals surface area contributed by atoms with Crippen molar-refractivity contribution >= 4 is 81.2 Å². The number of imide groups is 2. The number of imidazole rings is 1. The SMILES string of the molecule is Cc1cc(F)c(Nc2nc(-c3ccc4c(c3)N(C3CC(N5CCCCC5)C3)C(=O)C43CCN(C(=O)c4ccc(C5CCN(CC(=O)NCCNc6cccc7c6C(=O)N(C6CCC(=O)NC6=O)C7=O)CC5)cc4)CC3)cc3ncn(C(C)C)c23)cc1C(=O)NC(C)C. The number of fused-ring (bicyclic) bond motifs is 4. The summed E-state index contributed by atoms with van der Waals surface area (Å²) in [6, 6.07) is 23.1. The van der Waals surface area contributed by atoms with Gasteiger partial charge in [0.15, 0.2) is 5.82 Å². The lowest BCUT2D eigenvalue weighted by molar-refractivity contribution is -0.136. The van der Waals surface area contributed by atoms with Crippen LogP contribution < -0.4 is 31.5 Å². The predicted octanol–water partition coefficient (Wildman–Crippen LogP) is 8.35. The molecule has 5 fully saturated rings. The Kier molecular flexibility index (Phi) is 17.0. The Morgan fingerprint density at radius 3 is 2.25 bits per heavy atom. The van der Waals surface area contributed by atoms with E-state index in [4.69, 9.17) is 9.97 Å². The average molecular weight is 1250 g/mol. The maximum atomic E-state index is 16.0. The lowest BCUT2D eigenvalue weighted by atomic mass is 9.73. The predicted molar refractivity (Wildman–Crippen MR) is 346 cm³/mol. The molecule has 92 heavy (non-hydrogen) atoms. The molecule has 2 aromatic heterocycles. The number of carbonyl (C=O) groups is 8. The van der Waals surface area contributed by atoms with Crippen molar-refractivity contribution in [3.63, 3.8) is 0 Å². The quantitative estimate of drug-likeness (QED) is 0.0426. The second-order valence-electron chi connectivity index (χ2n) is 26.7. The summed E-state index contributed by atoms with van der Waals surface area (Å²) in [6.07, 6.45) is 9.92. The first kappa shape index (κ1) is 61.9. The maximum absolute atomic E-state index is 16.0. The highest BCUT2D eigenvalue weighted by molar-refractivity contribution is 6.25. The number of nitrogens with zero attached hydrogens (tertiary/aromatic N) is 8. The average Bonchev–Trinajstić information content (AvgIpc) is 1.57. The molecule has 0 radical (unpaired) electrons. The van der Waals surface area contributed by atoms with Crippen LogP contribution in [0.3, 0.4) is 0 Å². The molecule has 1 spiro atoms. The third-order valence-electron chi connectivity index (χ3n) is 20.1. The highest BCUT2D eigenvalue weighted by atomic mass is 19.1. The fraction of sp³-hybridized carbons (Fsp3) is 0.457. The molecule has 4 aromatic carbocycles. The summed E-state index contributed by atoms with van der Waals surface area (Å²) in [5, 5.41) is 14.5. The van der Waals surface area contributed by atoms with Crippen molar-refractivity contribution in [1.29, 1.82) is 0 Å². The lowest BCUT2D eigenvalue weighted by Crippen LogP contribution is -2.58. The van der Waals surface area contributed by atoms with Gasteiger partial charge in [0.25, 0.3) is 23.6 Å². The number of rotatable bonds is 17. The Balaban J connectivity index is 0.649. The summed E-state index contributed by atoms with van der Waals surface area (Å²) < 4.78 is 18.0. The van der Waals surface area contributed by atoms with Gasteiger partial charge >= 0.3 is 0 Å². The number of aromatic nitrogens is 3. The summed E-state index contributed by atoms with van der Waals surface area (Å²) in [7, 11) is 0. The van der Waals surface area contributed by atoms with Crippen molar-refractivity contribution in [2.75, 3.05) is 74.4 Å². The number of nitrogens with one attached hydrogen (secondary N) is 5. The molecule has 480 valence electrons. The Labute approximate surface area is 534 Å². The maximum Gasteiger partial charge on any atom is 0.264 e. The molecule has 13 rings (SSSR count). The van der Waals surface area contributed by atoms with Crippen LogP contribution in [0.5, 0.6) is 0 Å². The zero-order valence-corrected chi connectivity index (χ0v) is 52.9. The Bertz CT molecular complexity index is 3950. The van der Waals surface area contributed by atoms with E-state index in [0.29, 0.717) is 76.9 Å². The third-order valence-corrected chi connectivity index (χ3v) is 20.1. The van der Waals surface area contributed by atoms with E-state index < -0.39 is 40.9 Å². The van der Waals surface area contributed by atoms with E-state index in [1.54, 1.807) is 25.4 Å². The number of hydrogen-bond donors (Lipinski definition) is 5. The van der Waals surface area contributed by atoms with Gasteiger partial charge in [0, 0.05) is 84.8 Å². The molecule has 6 aromatic rings. The number of pyridine rings is 1. The Hall–Kier alpha value is -8.89. The van der Waals surface area contributed by atoms with Crippen LogP contribution in [0.25, 0.3) is 22.3 Å². The fourth-order valence-corrected chi connectivity index (χ4v) is 15.0. The first-order valence-electron chi connectivity index (χ1n) is 32.8. The minimum Gasteiger partial charge on any atom is -0.383 e. The second kappa shape index (κ2) is 25.3. The molecule has 0 bridgehead atoms. The zero-order chi connectivity index (χ0) is 64.3. The molecule has 22 heteroatoms. The number of anilines is 4. The van der Waals surface area contributed by atoms with Crippen LogP contribution >= 0.6 is 0 Å². The molecule has 1 unspecified atom stereocenters. The van der Waals surface area contributed by atoms with Gasteiger partial charge in [-0.05, 0) is 190 Å². The lowest BCUT2D eigenvalue weighted by Gasteiger charge is -2.48. The minimum absolute atomic E-state index is 0.00265. The number of likely N-dealkylation sites (tertiary alicyclic amines) is 3. The van der Waals surface area contributed by atoms with Gasteiger partial charge in [0.2, 0.25) is 23.6 Å². The molecule has 21 nitrogen and oxygen atoms in total. The first-order chi connectivity index (χ1) is 44.3. The minimum atomic E-state index is -1.06. The van der Waals surface area contributed by atoms with Crippen molar-refractivity contribution < 1.29 is 42.7 Å². The Morgan fingerprint density at radius 1 is 0.783 bits per heavy atom. The van der Waals surface area contributed by atoms with Gasteiger partial charge in [-0.15, -0.1) is 0 Å². The van der Waals surface area contributed by atoms with Crippen LogP contribution in [0.2, 0.25) is 0 Å². The van der Waals surface area contributed by atoms with Crippen LogP contribution in [0.4, 0.5) is 27.3 Å². The second-order valence-corrected chi connectivity index (χ2v) is 26.7. The monoisotopic (exact) mass is 1250 g/mol. The largest absolute Gasteiger partial charge is 0.383 e. The van der Waals surface area contributed by atoms with E-state index in [1.807, 2.05) is 73.6 Å². The molecular weight excluding hydrogens is 1170 g/mol. The summed E-state index contributed by atoms with van der Waals surface area (Å²) >= 11 is 0. The van der Waals surface area contributed by atoms with Crippen molar-refractivity contribution in [2.24, 2.45) is 0 Å². The molecule has 8 heterocycles. The standard InChI is InChI=1S/C70H80FN13O8/c1-40(2)75-64(87)50-36-55(52(71)32-42(50)5)77-63-62-56(74-39-82(62)41(3)4)37-54(76-63)46-16-17-51-58(33-46)83(48-34-47(35-48)80-26-7-6-8-27-80)69(92)70(51)22-30-81(31-23-70)66(89)45-14-12-43(13-15-45)44-20-28-79(29-21-44)38-60(86)73-25-24-72-53-11-9-10-49-61(53)68(91)84(67(49)90)57-18-19-59(85)78-65(57)88/h9-17,32-33,36-37,39-41,44,47-48,57,72H,6-8,18-31,34-35,38H2,1-5H3,(H,73,86)(H,75,87)(H,76,77)(H,78,85,88). The first-order valence-corrected chi connectivity index (χ1v) is 32.8. The molecule has 5 N–H and O–H groups in total. The fourth-order valence-electron chi connectivity index (χ4n) is 15.0. The van der Waals surface area contributed by atoms with Gasteiger partial charge in [-0.1, -0.05) is 36.8 Å². The van der Waals surface area contributed by atoms with Crippen LogP contribution in [0, 0.1) is 12.7 Å². The summed E-state index contributed by atoms with van der Waals surface area (Å²) in [6.45, 7) is 14.8. The molecule has 6 aliphatic heterocycles. The highest BCUT2D eigenvalue weighted by Gasteiger charge is 2.56. The third kappa shape index (κ3) is 11.7. The molecule has 1 saturated carbocycles. The van der Waals surface area contributed by atoms with Crippen molar-refractivity contribution in [3.05, 3.63) is 130 Å². The van der Waals surface area contributed by atoms with Gasteiger partial charge in [0.05, 0.1) is 46.3 Å². The van der Waals surface area contributed by atoms with Crippen LogP contribution in [0.15, 0.2) is 85.2 Å². The van der Waals surface area contributed by atoms with E-state index in [9.17, 15) is 33.6 Å². The number of piperidine rings is 4. The van der Waals surface area contributed by atoms with E-state index in [-0.39, 0.29) is 97.0 Å². The summed E-state index contributed by atoms with van der Waals surface area (Å²) in [5.41, 5.74) is 7.21. The van der Waals surface area contributed by atoms with Gasteiger partial charge in [-0.2, -0.15) is 0 Å². The number of aryl methyl sites for hydroxylation is 1. The van der Waals surface area contributed by atoms with Crippen LogP contribution in [-0.2, 0) is 24.6 Å². The smallest absolute Gasteiger partial charge is 0.264 e. The molecular formula is C70H80FN13O8. The topological polar surface area (TPSA) is 244 Å². The number of amides is 8. The molecule has 8 amide bonds. The molecule has 4 saturated heterocycles. The van der Waals surface area contributed by atoms with Gasteiger partial charge in [-0.3, -0.25) is 53.5 Å². The highest BCUT2D eigenvalue weighted by Crippen LogP contribution is 2.52. The normalized spacial score (nSPS) is 21.1. The van der Waals surface area contributed by atoms with Crippen molar-refractivity contribution in [2.45, 2.75) is 147 Å². The van der Waals surface area contributed by atoms with Crippen LogP contribution in [-0.4, -0.2) is 164 Å². The van der Waals surface area contributed by atoms with Crippen LogP contribution in [0.1, 0.15) is 168 Å². The van der Waals surface area contributed by atoms with E-state index in [2.05, 4.69) is 53.4 Å². The Morgan fingerprint density at radius 2 is 1.53 bits per heavy atom.